The molecule has 0 spiro atoms. The molecule has 1 aliphatic rings. The van der Waals surface area contributed by atoms with Gasteiger partial charge in [-0.2, -0.15) is 0 Å². The predicted octanol–water partition coefficient (Wildman–Crippen LogP) is 1.54. The van der Waals surface area contributed by atoms with Gasteiger partial charge in [0, 0.05) is 25.7 Å². The lowest BCUT2D eigenvalue weighted by Crippen LogP contribution is -2.46. The summed E-state index contributed by atoms with van der Waals surface area (Å²) in [5.74, 6) is 0. The average molecular weight is 248 g/mol. The molecule has 100 valence electrons. The van der Waals surface area contributed by atoms with Crippen LogP contribution in [0.3, 0.4) is 0 Å². The Labute approximate surface area is 110 Å². The van der Waals surface area contributed by atoms with Crippen LogP contribution in [0.25, 0.3) is 0 Å². The van der Waals surface area contributed by atoms with Crippen LogP contribution >= 0.6 is 0 Å². The second-order valence-corrected chi connectivity index (χ2v) is 5.25. The summed E-state index contributed by atoms with van der Waals surface area (Å²) in [6, 6.07) is 11.1. The molecule has 3 heteroatoms. The Kier molecular flexibility index (Phi) is 5.17. The van der Waals surface area contributed by atoms with Crippen LogP contribution in [0.1, 0.15) is 12.5 Å². The first-order chi connectivity index (χ1) is 8.74. The van der Waals surface area contributed by atoms with Crippen molar-refractivity contribution >= 4 is 0 Å². The molecule has 3 nitrogen and oxygen atoms in total. The highest BCUT2D eigenvalue weighted by molar-refractivity contribution is 5.15. The highest BCUT2D eigenvalue weighted by atomic mass is 16.5. The Balaban J connectivity index is 1.70. The summed E-state index contributed by atoms with van der Waals surface area (Å²) >= 11 is 0. The van der Waals surface area contributed by atoms with Crippen LogP contribution in [-0.2, 0) is 11.2 Å². The smallest absolute Gasteiger partial charge is 0.0826 e. The summed E-state index contributed by atoms with van der Waals surface area (Å²) < 4.78 is 5.74. The van der Waals surface area contributed by atoms with Crippen LogP contribution in [0.2, 0.25) is 0 Å². The molecule has 18 heavy (non-hydrogen) atoms. The number of ether oxygens (including phenoxy) is 1. The number of benzene rings is 1. The highest BCUT2D eigenvalue weighted by Crippen LogP contribution is 2.05. The zero-order chi connectivity index (χ0) is 12.8. The minimum Gasteiger partial charge on any atom is -0.374 e. The van der Waals surface area contributed by atoms with Crippen molar-refractivity contribution in [2.75, 3.05) is 33.3 Å². The summed E-state index contributed by atoms with van der Waals surface area (Å²) in [5, 5.41) is 3.57. The molecule has 0 aromatic heterocycles. The molecular weight excluding hydrogens is 224 g/mol. The molecule has 1 fully saturated rings. The molecule has 1 aliphatic heterocycles. The third-order valence-electron chi connectivity index (χ3n) is 3.42. The predicted molar refractivity (Wildman–Crippen MR) is 74.8 cm³/mol. The molecule has 1 aromatic rings. The maximum absolute atomic E-state index is 5.74. The number of hydrogen-bond acceptors (Lipinski definition) is 3. The molecule has 1 heterocycles. The lowest BCUT2D eigenvalue weighted by atomic mass is 10.1. The zero-order valence-corrected chi connectivity index (χ0v) is 11.4. The van der Waals surface area contributed by atoms with E-state index in [4.69, 9.17) is 4.74 Å². The van der Waals surface area contributed by atoms with E-state index in [2.05, 4.69) is 54.5 Å². The van der Waals surface area contributed by atoms with Gasteiger partial charge in [0.15, 0.2) is 0 Å². The van der Waals surface area contributed by atoms with Crippen LogP contribution in [0.4, 0.5) is 0 Å². The molecule has 0 radical (unpaired) electrons. The van der Waals surface area contributed by atoms with E-state index in [1.807, 2.05) is 0 Å². The topological polar surface area (TPSA) is 24.5 Å². The van der Waals surface area contributed by atoms with Crippen molar-refractivity contribution < 1.29 is 4.74 Å². The fraction of sp³-hybridized carbons (Fsp3) is 0.600. The fourth-order valence-electron chi connectivity index (χ4n) is 2.36. The largest absolute Gasteiger partial charge is 0.374 e. The Morgan fingerprint density at radius 1 is 1.39 bits per heavy atom. The monoisotopic (exact) mass is 248 g/mol. The van der Waals surface area contributed by atoms with Gasteiger partial charge in [0.1, 0.15) is 0 Å². The van der Waals surface area contributed by atoms with E-state index in [1.165, 1.54) is 5.56 Å². The number of hydrogen-bond donors (Lipinski definition) is 1. The summed E-state index contributed by atoms with van der Waals surface area (Å²) in [7, 11) is 2.16. The van der Waals surface area contributed by atoms with Crippen LogP contribution in [0.5, 0.6) is 0 Å². The SMILES string of the molecule is CC(Cc1ccccc1)NCC1CN(C)CCO1. The number of nitrogens with zero attached hydrogens (tertiary/aromatic N) is 1. The summed E-state index contributed by atoms with van der Waals surface area (Å²) in [6.45, 7) is 6.12. The molecule has 2 rings (SSSR count). The van der Waals surface area contributed by atoms with Gasteiger partial charge >= 0.3 is 0 Å². The van der Waals surface area contributed by atoms with Crippen molar-refractivity contribution in [3.8, 4) is 0 Å². The van der Waals surface area contributed by atoms with Gasteiger partial charge < -0.3 is 15.0 Å². The van der Waals surface area contributed by atoms with Crippen molar-refractivity contribution in [1.29, 1.82) is 0 Å². The van der Waals surface area contributed by atoms with Crippen molar-refractivity contribution in [2.24, 2.45) is 0 Å². The molecule has 0 amide bonds. The Morgan fingerprint density at radius 2 is 2.17 bits per heavy atom. The molecule has 1 aromatic carbocycles. The lowest BCUT2D eigenvalue weighted by molar-refractivity contribution is -0.0190. The third kappa shape index (κ3) is 4.41. The van der Waals surface area contributed by atoms with Crippen molar-refractivity contribution in [3.63, 3.8) is 0 Å². The van der Waals surface area contributed by atoms with E-state index in [-0.39, 0.29) is 0 Å². The fourth-order valence-corrected chi connectivity index (χ4v) is 2.36. The molecule has 2 atom stereocenters. The van der Waals surface area contributed by atoms with Crippen molar-refractivity contribution in [1.82, 2.24) is 10.2 Å². The Bertz CT molecular complexity index is 342. The number of nitrogens with one attached hydrogen (secondary N) is 1. The maximum Gasteiger partial charge on any atom is 0.0826 e. The first kappa shape index (κ1) is 13.5. The van der Waals surface area contributed by atoms with Gasteiger partial charge in [-0.3, -0.25) is 0 Å². The Morgan fingerprint density at radius 3 is 2.89 bits per heavy atom. The van der Waals surface area contributed by atoms with Crippen LogP contribution in [0, 0.1) is 0 Å². The minimum atomic E-state index is 0.335. The van der Waals surface area contributed by atoms with E-state index in [0.717, 1.165) is 32.7 Å². The normalized spacial score (nSPS) is 22.9. The molecular formula is C15H24N2O. The van der Waals surface area contributed by atoms with Gasteiger partial charge in [0.25, 0.3) is 0 Å². The Hall–Kier alpha value is -0.900. The number of rotatable bonds is 5. The van der Waals surface area contributed by atoms with Gasteiger partial charge in [-0.25, -0.2) is 0 Å². The van der Waals surface area contributed by atoms with Gasteiger partial charge in [-0.1, -0.05) is 30.3 Å². The van der Waals surface area contributed by atoms with Crippen molar-refractivity contribution in [2.45, 2.75) is 25.5 Å². The van der Waals surface area contributed by atoms with Gasteiger partial charge in [0.05, 0.1) is 12.7 Å². The minimum absolute atomic E-state index is 0.335. The van der Waals surface area contributed by atoms with Gasteiger partial charge in [0.2, 0.25) is 0 Å². The molecule has 0 saturated carbocycles. The molecule has 0 bridgehead atoms. The van der Waals surface area contributed by atoms with E-state index in [0.29, 0.717) is 12.1 Å². The number of morpholine rings is 1. The highest BCUT2D eigenvalue weighted by Gasteiger charge is 2.17. The van der Waals surface area contributed by atoms with E-state index >= 15 is 0 Å². The molecule has 1 saturated heterocycles. The first-order valence-corrected chi connectivity index (χ1v) is 6.81. The average Bonchev–Trinajstić information content (AvgIpc) is 2.38. The molecule has 1 N–H and O–H groups in total. The van der Waals surface area contributed by atoms with E-state index < -0.39 is 0 Å². The van der Waals surface area contributed by atoms with Crippen LogP contribution in [0.15, 0.2) is 30.3 Å². The second-order valence-electron chi connectivity index (χ2n) is 5.25. The van der Waals surface area contributed by atoms with Gasteiger partial charge in [-0.15, -0.1) is 0 Å². The summed E-state index contributed by atoms with van der Waals surface area (Å²) in [4.78, 5) is 2.33. The van der Waals surface area contributed by atoms with Crippen molar-refractivity contribution in [3.05, 3.63) is 35.9 Å². The van der Waals surface area contributed by atoms with E-state index in [9.17, 15) is 0 Å². The quantitative estimate of drug-likeness (QED) is 0.855. The standard InChI is InChI=1S/C15H24N2O/c1-13(10-14-6-4-3-5-7-14)16-11-15-12-17(2)8-9-18-15/h3-7,13,15-16H,8-12H2,1-2H3. The summed E-state index contributed by atoms with van der Waals surface area (Å²) in [6.07, 6.45) is 1.41. The first-order valence-electron chi connectivity index (χ1n) is 6.81. The van der Waals surface area contributed by atoms with E-state index in [1.54, 1.807) is 0 Å². The second kappa shape index (κ2) is 6.88. The third-order valence-corrected chi connectivity index (χ3v) is 3.42. The summed E-state index contributed by atoms with van der Waals surface area (Å²) in [5.41, 5.74) is 1.39. The lowest BCUT2D eigenvalue weighted by Gasteiger charge is -2.31. The number of likely N-dealkylation sites (N-methyl/N-ethyl adjacent to an activating group) is 1. The van der Waals surface area contributed by atoms with Crippen LogP contribution < -0.4 is 5.32 Å². The van der Waals surface area contributed by atoms with Gasteiger partial charge in [-0.05, 0) is 26.0 Å². The maximum atomic E-state index is 5.74. The molecule has 2 unspecified atom stereocenters. The van der Waals surface area contributed by atoms with Crippen LogP contribution in [-0.4, -0.2) is 50.3 Å². The molecule has 0 aliphatic carbocycles. The zero-order valence-electron chi connectivity index (χ0n) is 11.4.